The van der Waals surface area contributed by atoms with Gasteiger partial charge in [0.25, 0.3) is 0 Å². The lowest BCUT2D eigenvalue weighted by Crippen LogP contribution is -2.45. The van der Waals surface area contributed by atoms with E-state index in [0.29, 0.717) is 31.5 Å². The van der Waals surface area contributed by atoms with E-state index in [-0.39, 0.29) is 18.4 Å². The molecule has 5 N–H and O–H groups in total. The Labute approximate surface area is 172 Å². The fraction of sp³-hybridized carbons (Fsp3) is 0.526. The number of hydrogen-bond acceptors (Lipinski definition) is 6. The lowest BCUT2D eigenvalue weighted by Gasteiger charge is -2.34. The van der Waals surface area contributed by atoms with Gasteiger partial charge >= 0.3 is 6.18 Å². The SMILES string of the molecule is C=N/C(=C1/c2cc[nH]c2N=CN1N)C1CCC(CN(CC(F)(F)F)C(=O)CN)CC1. The number of amides is 1. The molecular weight excluding hydrogens is 399 g/mol. The minimum absolute atomic E-state index is 0.0279. The highest BCUT2D eigenvalue weighted by Gasteiger charge is 2.35. The first kappa shape index (κ1) is 22.0. The van der Waals surface area contributed by atoms with Crippen molar-refractivity contribution in [2.24, 2.45) is 33.4 Å². The summed E-state index contributed by atoms with van der Waals surface area (Å²) in [4.78, 5) is 24.2. The Kier molecular flexibility index (Phi) is 6.61. The molecule has 0 atom stereocenters. The largest absolute Gasteiger partial charge is 0.406 e. The first-order valence-corrected chi connectivity index (χ1v) is 9.74. The van der Waals surface area contributed by atoms with Crippen LogP contribution in [0.25, 0.3) is 5.70 Å². The normalized spacial score (nSPS) is 23.2. The molecule has 1 aliphatic heterocycles. The average molecular weight is 425 g/mol. The number of hydrazine groups is 1. The predicted octanol–water partition coefficient (Wildman–Crippen LogP) is 2.39. The summed E-state index contributed by atoms with van der Waals surface area (Å²) < 4.78 is 38.5. The molecule has 3 rings (SSSR count). The molecule has 30 heavy (non-hydrogen) atoms. The van der Waals surface area contributed by atoms with E-state index < -0.39 is 25.2 Å². The number of carbonyl (C=O) groups is 1. The third-order valence-electron chi connectivity index (χ3n) is 5.57. The Hall–Kier alpha value is -2.66. The van der Waals surface area contributed by atoms with E-state index in [1.807, 2.05) is 6.07 Å². The van der Waals surface area contributed by atoms with Gasteiger partial charge in [-0.05, 0) is 44.4 Å². The summed E-state index contributed by atoms with van der Waals surface area (Å²) >= 11 is 0. The third-order valence-corrected chi connectivity index (χ3v) is 5.57. The van der Waals surface area contributed by atoms with E-state index in [0.717, 1.165) is 21.9 Å². The van der Waals surface area contributed by atoms with Crippen LogP contribution in [0.5, 0.6) is 0 Å². The summed E-state index contributed by atoms with van der Waals surface area (Å²) in [6.07, 6.45) is 1.58. The Balaban J connectivity index is 1.71. The molecule has 1 aromatic heterocycles. The molecule has 0 spiro atoms. The van der Waals surface area contributed by atoms with E-state index in [9.17, 15) is 18.0 Å². The van der Waals surface area contributed by atoms with Gasteiger partial charge in [-0.1, -0.05) is 0 Å². The number of allylic oxidation sites excluding steroid dienone is 1. The molecule has 0 bridgehead atoms. The highest BCUT2D eigenvalue weighted by Crippen LogP contribution is 2.40. The zero-order valence-corrected chi connectivity index (χ0v) is 16.5. The molecule has 1 amide bonds. The van der Waals surface area contributed by atoms with Crippen molar-refractivity contribution in [3.8, 4) is 0 Å². The van der Waals surface area contributed by atoms with Crippen molar-refractivity contribution in [1.29, 1.82) is 0 Å². The van der Waals surface area contributed by atoms with Crippen LogP contribution in [-0.2, 0) is 4.79 Å². The lowest BCUT2D eigenvalue weighted by atomic mass is 9.79. The number of carbonyl (C=O) groups excluding carboxylic acids is 1. The number of alkyl halides is 3. The minimum Gasteiger partial charge on any atom is -0.346 e. The summed E-state index contributed by atoms with van der Waals surface area (Å²) in [5, 5.41) is 1.41. The first-order chi connectivity index (χ1) is 14.2. The van der Waals surface area contributed by atoms with Crippen LogP contribution in [0.3, 0.4) is 0 Å². The van der Waals surface area contributed by atoms with Crippen molar-refractivity contribution in [1.82, 2.24) is 14.9 Å². The van der Waals surface area contributed by atoms with Crippen LogP contribution in [0, 0.1) is 11.8 Å². The summed E-state index contributed by atoms with van der Waals surface area (Å²) in [6, 6.07) is 1.87. The van der Waals surface area contributed by atoms with Crippen LogP contribution in [0.2, 0.25) is 0 Å². The summed E-state index contributed by atoms with van der Waals surface area (Å²) in [5.74, 6) is 6.13. The average Bonchev–Trinajstić information content (AvgIpc) is 3.18. The van der Waals surface area contributed by atoms with Crippen molar-refractivity contribution >= 4 is 30.5 Å². The summed E-state index contributed by atoms with van der Waals surface area (Å²) in [6.45, 7) is 2.05. The number of hydrogen-bond donors (Lipinski definition) is 3. The molecule has 2 heterocycles. The molecule has 0 unspecified atom stereocenters. The maximum atomic E-state index is 12.8. The Morgan fingerprint density at radius 2 is 2.07 bits per heavy atom. The van der Waals surface area contributed by atoms with Gasteiger partial charge in [0.15, 0.2) is 0 Å². The smallest absolute Gasteiger partial charge is 0.346 e. The molecule has 1 fully saturated rings. The first-order valence-electron chi connectivity index (χ1n) is 9.74. The second-order valence-corrected chi connectivity index (χ2v) is 7.59. The number of nitrogens with two attached hydrogens (primary N) is 2. The molecule has 164 valence electrons. The van der Waals surface area contributed by atoms with Gasteiger partial charge in [0.2, 0.25) is 5.91 Å². The second kappa shape index (κ2) is 9.00. The van der Waals surface area contributed by atoms with Gasteiger partial charge < -0.3 is 15.6 Å². The number of rotatable bonds is 6. The number of fused-ring (bicyclic) bond motifs is 1. The van der Waals surface area contributed by atoms with Gasteiger partial charge in [0.05, 0.1) is 17.9 Å². The molecule has 0 saturated heterocycles. The molecule has 1 aliphatic carbocycles. The fourth-order valence-corrected chi connectivity index (χ4v) is 4.17. The maximum absolute atomic E-state index is 12.8. The summed E-state index contributed by atoms with van der Waals surface area (Å²) in [5.41, 5.74) is 7.58. The van der Waals surface area contributed by atoms with Gasteiger partial charge in [-0.15, -0.1) is 0 Å². The fourth-order valence-electron chi connectivity index (χ4n) is 4.17. The van der Waals surface area contributed by atoms with E-state index in [1.54, 1.807) is 6.20 Å². The number of aliphatic imine (C=N–C) groups is 2. The van der Waals surface area contributed by atoms with Crippen molar-refractivity contribution < 1.29 is 18.0 Å². The standard InChI is InChI=1S/C19H26F3N7O/c1-25-16(17-14-6-7-26-18(14)27-11-29(17)24)13-4-2-12(3-5-13)9-28(15(30)8-23)10-19(20,21)22/h6-7,11-13,26H,1-5,8-10,23-24H2/b17-16-. The molecule has 1 aromatic rings. The monoisotopic (exact) mass is 425 g/mol. The van der Waals surface area contributed by atoms with Crippen LogP contribution in [0.15, 0.2) is 27.9 Å². The maximum Gasteiger partial charge on any atom is 0.406 e. The molecule has 11 heteroatoms. The molecule has 2 aliphatic rings. The molecule has 0 radical (unpaired) electrons. The molecule has 1 saturated carbocycles. The Morgan fingerprint density at radius 1 is 1.37 bits per heavy atom. The number of aromatic amines is 1. The van der Waals surface area contributed by atoms with Gasteiger partial charge in [0.1, 0.15) is 18.7 Å². The van der Waals surface area contributed by atoms with Gasteiger partial charge in [0, 0.05) is 24.2 Å². The quantitative estimate of drug-likeness (QED) is 0.479. The number of halogens is 3. The Bertz CT molecular complexity index is 837. The van der Waals surface area contributed by atoms with Crippen LogP contribution in [-0.4, -0.2) is 59.7 Å². The zero-order chi connectivity index (χ0) is 21.9. The van der Waals surface area contributed by atoms with E-state index in [4.69, 9.17) is 11.6 Å². The highest BCUT2D eigenvalue weighted by atomic mass is 19.4. The van der Waals surface area contributed by atoms with E-state index in [1.165, 1.54) is 11.3 Å². The lowest BCUT2D eigenvalue weighted by molar-refractivity contribution is -0.161. The Morgan fingerprint density at radius 3 is 2.67 bits per heavy atom. The van der Waals surface area contributed by atoms with Gasteiger partial charge in [-0.2, -0.15) is 13.2 Å². The van der Waals surface area contributed by atoms with Crippen molar-refractivity contribution in [3.05, 3.63) is 23.5 Å². The summed E-state index contributed by atoms with van der Waals surface area (Å²) in [7, 11) is 0. The van der Waals surface area contributed by atoms with Crippen LogP contribution >= 0.6 is 0 Å². The minimum atomic E-state index is -4.45. The number of aromatic nitrogens is 1. The molecule has 0 aromatic carbocycles. The number of H-pyrrole nitrogens is 1. The van der Waals surface area contributed by atoms with Crippen molar-refractivity contribution in [2.75, 3.05) is 19.6 Å². The molecular formula is C19H26F3N7O. The van der Waals surface area contributed by atoms with Gasteiger partial charge in [-0.3, -0.25) is 14.8 Å². The van der Waals surface area contributed by atoms with Crippen LogP contribution in [0.4, 0.5) is 19.0 Å². The van der Waals surface area contributed by atoms with E-state index in [2.05, 4.69) is 21.7 Å². The highest BCUT2D eigenvalue weighted by molar-refractivity contribution is 5.87. The topological polar surface area (TPSA) is 116 Å². The second-order valence-electron chi connectivity index (χ2n) is 7.59. The van der Waals surface area contributed by atoms with Crippen molar-refractivity contribution in [3.63, 3.8) is 0 Å². The van der Waals surface area contributed by atoms with Crippen LogP contribution in [0.1, 0.15) is 31.2 Å². The number of nitrogens with one attached hydrogen (secondary N) is 1. The zero-order valence-electron chi connectivity index (χ0n) is 16.5. The van der Waals surface area contributed by atoms with E-state index >= 15 is 0 Å². The number of nitrogens with zero attached hydrogens (tertiary/aromatic N) is 4. The van der Waals surface area contributed by atoms with Crippen LogP contribution < -0.4 is 11.6 Å². The molecule has 8 nitrogen and oxygen atoms in total. The van der Waals surface area contributed by atoms with Gasteiger partial charge in [-0.25, -0.2) is 10.8 Å². The van der Waals surface area contributed by atoms with Crippen molar-refractivity contribution in [2.45, 2.75) is 31.9 Å². The predicted molar refractivity (Wildman–Crippen MR) is 109 cm³/mol. The third kappa shape index (κ3) is 4.90.